The van der Waals surface area contributed by atoms with Gasteiger partial charge < -0.3 is 30.7 Å². The molecule has 1 aromatic carbocycles. The number of carbonyl (C=O) groups is 4. The van der Waals surface area contributed by atoms with E-state index in [1.807, 2.05) is 0 Å². The van der Waals surface area contributed by atoms with E-state index in [1.165, 1.54) is 4.90 Å². The average Bonchev–Trinajstić information content (AvgIpc) is 2.71. The van der Waals surface area contributed by atoms with E-state index in [2.05, 4.69) is 16.0 Å². The van der Waals surface area contributed by atoms with Crippen molar-refractivity contribution in [3.8, 4) is 5.75 Å². The molecule has 168 valence electrons. The molecule has 2 aliphatic rings. The fraction of sp³-hybridized carbons (Fsp3) is 0.524. The maximum absolute atomic E-state index is 12.9. The Morgan fingerprint density at radius 1 is 1.16 bits per heavy atom. The number of para-hydroxylation sites is 1. The number of fused-ring (bicyclic) bond motifs is 1. The minimum absolute atomic E-state index is 0.128. The van der Waals surface area contributed by atoms with E-state index in [4.69, 9.17) is 4.74 Å². The van der Waals surface area contributed by atoms with E-state index in [9.17, 15) is 24.3 Å². The van der Waals surface area contributed by atoms with Gasteiger partial charge in [0.15, 0.2) is 0 Å². The number of amides is 4. The van der Waals surface area contributed by atoms with Crippen molar-refractivity contribution < 1.29 is 29.0 Å². The number of aliphatic hydroxyl groups excluding tert-OH is 1. The lowest BCUT2D eigenvalue weighted by molar-refractivity contribution is -0.145. The van der Waals surface area contributed by atoms with Gasteiger partial charge in [0.05, 0.1) is 24.6 Å². The third-order valence-corrected chi connectivity index (χ3v) is 5.22. The molecule has 1 fully saturated rings. The van der Waals surface area contributed by atoms with Crippen LogP contribution in [0, 0.1) is 5.92 Å². The van der Waals surface area contributed by atoms with Crippen LogP contribution in [-0.2, 0) is 14.4 Å². The third kappa shape index (κ3) is 5.52. The summed E-state index contributed by atoms with van der Waals surface area (Å²) in [6.07, 6.45) is -0.952. The second-order valence-corrected chi connectivity index (χ2v) is 8.05. The molecule has 2 atom stereocenters. The van der Waals surface area contributed by atoms with Gasteiger partial charge in [0, 0.05) is 13.1 Å². The van der Waals surface area contributed by atoms with E-state index in [0.717, 1.165) is 0 Å². The van der Waals surface area contributed by atoms with Crippen LogP contribution in [0.5, 0.6) is 5.75 Å². The number of ether oxygens (including phenoxy) is 1. The van der Waals surface area contributed by atoms with E-state index >= 15 is 0 Å². The van der Waals surface area contributed by atoms with E-state index in [1.54, 1.807) is 38.1 Å². The zero-order chi connectivity index (χ0) is 22.5. The number of likely N-dealkylation sites (tertiary alicyclic amines) is 1. The maximum atomic E-state index is 12.9. The monoisotopic (exact) mass is 432 g/mol. The highest BCUT2D eigenvalue weighted by Gasteiger charge is 2.36. The summed E-state index contributed by atoms with van der Waals surface area (Å²) in [5.41, 5.74) is 0.216. The number of rotatable bonds is 2. The Bertz CT molecular complexity index is 852. The summed E-state index contributed by atoms with van der Waals surface area (Å²) in [4.78, 5) is 52.4. The van der Waals surface area contributed by atoms with Crippen molar-refractivity contribution in [3.05, 3.63) is 29.8 Å². The highest BCUT2D eigenvalue weighted by Crippen LogP contribution is 2.19. The smallest absolute Gasteiger partial charge is 0.255 e. The quantitative estimate of drug-likeness (QED) is 0.475. The van der Waals surface area contributed by atoms with Crippen LogP contribution < -0.4 is 20.7 Å². The third-order valence-electron chi connectivity index (χ3n) is 5.22. The number of β-amino-alcohol motifs (C(OH)–C–C–N with tert-alkyl or cyclic N) is 1. The van der Waals surface area contributed by atoms with Gasteiger partial charge in [-0.25, -0.2) is 0 Å². The molecule has 0 unspecified atom stereocenters. The van der Waals surface area contributed by atoms with Crippen LogP contribution in [0.15, 0.2) is 24.3 Å². The molecule has 1 aromatic rings. The number of aliphatic hydroxyl groups is 1. The van der Waals surface area contributed by atoms with Crippen LogP contribution in [0.4, 0.5) is 0 Å². The van der Waals surface area contributed by atoms with Crippen molar-refractivity contribution in [3.63, 3.8) is 0 Å². The molecular weight excluding hydrogens is 404 g/mol. The molecule has 1 saturated heterocycles. The molecule has 10 nitrogen and oxygen atoms in total. The Morgan fingerprint density at radius 2 is 1.87 bits per heavy atom. The normalized spacial score (nSPS) is 23.5. The van der Waals surface area contributed by atoms with Gasteiger partial charge in [-0.1, -0.05) is 26.0 Å². The van der Waals surface area contributed by atoms with Gasteiger partial charge in [0.25, 0.3) is 5.91 Å². The molecule has 2 aliphatic heterocycles. The lowest BCUT2D eigenvalue weighted by Crippen LogP contribution is -2.60. The van der Waals surface area contributed by atoms with E-state index in [0.29, 0.717) is 5.75 Å². The second kappa shape index (κ2) is 9.78. The number of nitrogens with zero attached hydrogens (tertiary/aromatic N) is 1. The summed E-state index contributed by atoms with van der Waals surface area (Å²) >= 11 is 0. The summed E-state index contributed by atoms with van der Waals surface area (Å²) < 4.78 is 5.67. The fourth-order valence-electron chi connectivity index (χ4n) is 3.47. The molecule has 0 radical (unpaired) electrons. The van der Waals surface area contributed by atoms with Crippen molar-refractivity contribution in [2.24, 2.45) is 5.92 Å². The summed E-state index contributed by atoms with van der Waals surface area (Å²) in [6.45, 7) is 4.21. The Hall–Kier alpha value is -3.14. The molecule has 0 spiro atoms. The number of nitrogens with one attached hydrogen (secondary N) is 3. The van der Waals surface area contributed by atoms with Crippen molar-refractivity contribution in [2.75, 3.05) is 26.2 Å². The van der Waals surface area contributed by atoms with Crippen molar-refractivity contribution >= 4 is 23.6 Å². The predicted octanol–water partition coefficient (Wildman–Crippen LogP) is -0.972. The first kappa shape index (κ1) is 22.5. The van der Waals surface area contributed by atoms with E-state index < -0.39 is 35.9 Å². The summed E-state index contributed by atoms with van der Waals surface area (Å²) in [5, 5.41) is 17.5. The van der Waals surface area contributed by atoms with Crippen molar-refractivity contribution in [1.29, 1.82) is 0 Å². The molecule has 31 heavy (non-hydrogen) atoms. The average molecular weight is 432 g/mol. The molecule has 0 saturated carbocycles. The molecule has 2 heterocycles. The van der Waals surface area contributed by atoms with E-state index in [-0.39, 0.29) is 50.1 Å². The molecule has 10 heteroatoms. The van der Waals surface area contributed by atoms with Gasteiger partial charge >= 0.3 is 0 Å². The molecule has 4 amide bonds. The Balaban J connectivity index is 1.87. The lowest BCUT2D eigenvalue weighted by Gasteiger charge is -2.38. The van der Waals surface area contributed by atoms with Gasteiger partial charge in [-0.05, 0) is 18.1 Å². The maximum Gasteiger partial charge on any atom is 0.255 e. The number of carbonyl (C=O) groups excluding carboxylic acids is 4. The molecule has 3 rings (SSSR count). The zero-order valence-corrected chi connectivity index (χ0v) is 17.6. The first-order valence-corrected chi connectivity index (χ1v) is 10.3. The van der Waals surface area contributed by atoms with Crippen LogP contribution in [0.2, 0.25) is 0 Å². The van der Waals surface area contributed by atoms with Gasteiger partial charge in [0.1, 0.15) is 24.4 Å². The predicted molar refractivity (Wildman–Crippen MR) is 110 cm³/mol. The summed E-state index contributed by atoms with van der Waals surface area (Å²) in [6, 6.07) is 4.61. The topological polar surface area (TPSA) is 137 Å². The molecule has 0 bridgehead atoms. The van der Waals surface area contributed by atoms with Gasteiger partial charge in [-0.3, -0.25) is 19.2 Å². The SMILES string of the molecule is CC(C)[C@H]1NC(=O)C[C@@H](C(=O)N2CC(O)C2)NC(=O)c2ccccc2OCCNC1=O. The van der Waals surface area contributed by atoms with Crippen LogP contribution in [0.1, 0.15) is 30.6 Å². The number of hydrogen-bond acceptors (Lipinski definition) is 6. The summed E-state index contributed by atoms with van der Waals surface area (Å²) in [5.74, 6) is -1.78. The number of hydrogen-bond donors (Lipinski definition) is 4. The van der Waals surface area contributed by atoms with Gasteiger partial charge in [-0.2, -0.15) is 0 Å². The Morgan fingerprint density at radius 3 is 2.55 bits per heavy atom. The molecular formula is C21H28N4O6. The Kier molecular flexibility index (Phi) is 7.11. The zero-order valence-electron chi connectivity index (χ0n) is 17.6. The van der Waals surface area contributed by atoms with Crippen molar-refractivity contribution in [1.82, 2.24) is 20.9 Å². The van der Waals surface area contributed by atoms with Gasteiger partial charge in [0.2, 0.25) is 17.7 Å². The Labute approximate surface area is 180 Å². The molecule has 0 aromatic heterocycles. The largest absolute Gasteiger partial charge is 0.491 e. The molecule has 4 N–H and O–H groups in total. The standard InChI is InChI=1S/C21H28N4O6/c1-12(2)18-20(29)22-7-8-31-16-6-4-3-5-14(16)19(28)23-15(9-17(27)24-18)21(30)25-10-13(26)11-25/h3-6,12-13,15,18,26H,7-11H2,1-2H3,(H,22,29)(H,23,28)(H,24,27)/t15-,18+/m0/s1. The summed E-state index contributed by atoms with van der Waals surface area (Å²) in [7, 11) is 0. The van der Waals surface area contributed by atoms with Crippen molar-refractivity contribution in [2.45, 2.75) is 38.5 Å². The van der Waals surface area contributed by atoms with Crippen LogP contribution in [-0.4, -0.2) is 78.1 Å². The highest BCUT2D eigenvalue weighted by molar-refractivity contribution is 6.01. The molecule has 0 aliphatic carbocycles. The minimum atomic E-state index is -1.15. The van der Waals surface area contributed by atoms with Crippen LogP contribution in [0.3, 0.4) is 0 Å². The first-order valence-electron chi connectivity index (χ1n) is 10.3. The second-order valence-electron chi connectivity index (χ2n) is 8.05. The first-order chi connectivity index (χ1) is 14.8. The van der Waals surface area contributed by atoms with Gasteiger partial charge in [-0.15, -0.1) is 0 Å². The van der Waals surface area contributed by atoms with Crippen LogP contribution in [0.25, 0.3) is 0 Å². The minimum Gasteiger partial charge on any atom is -0.491 e. The van der Waals surface area contributed by atoms with Crippen LogP contribution >= 0.6 is 0 Å². The highest BCUT2D eigenvalue weighted by atomic mass is 16.5. The fourth-order valence-corrected chi connectivity index (χ4v) is 3.47. The lowest BCUT2D eigenvalue weighted by atomic mass is 10.0. The number of benzene rings is 1.